The van der Waals surface area contributed by atoms with E-state index < -0.39 is 0 Å². The predicted octanol–water partition coefficient (Wildman–Crippen LogP) is 6.52. The van der Waals surface area contributed by atoms with Crippen LogP contribution >= 0.6 is 11.8 Å². The van der Waals surface area contributed by atoms with Gasteiger partial charge in [0.05, 0.1) is 16.5 Å². The van der Waals surface area contributed by atoms with Gasteiger partial charge in [0.15, 0.2) is 0 Å². The standard InChI is InChI=1S/C20H20N2OS.2C2H6/c1-3-8-16(9-4-2)18-12-17(15-10-6-5-7-11-15)13-20(22-18)24-14-19(21)23;2*1-2/h3-13H,1,14H2,2H3,(H2,21,23);2*1-2H3/b9-4-,16-8+;;. The van der Waals surface area contributed by atoms with Gasteiger partial charge in [0.2, 0.25) is 5.91 Å². The van der Waals surface area contributed by atoms with Crippen molar-refractivity contribution in [2.75, 3.05) is 5.75 Å². The van der Waals surface area contributed by atoms with Crippen LogP contribution in [0.15, 0.2) is 78.4 Å². The maximum absolute atomic E-state index is 11.1. The monoisotopic (exact) mass is 396 g/mol. The Balaban J connectivity index is 0.00000171. The summed E-state index contributed by atoms with van der Waals surface area (Å²) in [5.74, 6) is -0.154. The van der Waals surface area contributed by atoms with Crippen LogP contribution in [0.1, 0.15) is 40.3 Å². The molecule has 150 valence electrons. The molecule has 0 saturated carbocycles. The van der Waals surface area contributed by atoms with Crippen LogP contribution in [0.2, 0.25) is 0 Å². The van der Waals surface area contributed by atoms with E-state index in [2.05, 4.69) is 11.6 Å². The van der Waals surface area contributed by atoms with Crippen LogP contribution in [0.4, 0.5) is 0 Å². The van der Waals surface area contributed by atoms with Gasteiger partial charge in [0.25, 0.3) is 0 Å². The second kappa shape index (κ2) is 15.5. The number of rotatable bonds is 7. The maximum Gasteiger partial charge on any atom is 0.227 e. The number of hydrogen-bond donors (Lipinski definition) is 1. The Morgan fingerprint density at radius 1 is 1.11 bits per heavy atom. The number of nitrogens with zero attached hydrogens (tertiary/aromatic N) is 1. The van der Waals surface area contributed by atoms with Gasteiger partial charge in [-0.1, -0.05) is 101 Å². The van der Waals surface area contributed by atoms with Crippen molar-refractivity contribution in [2.24, 2.45) is 5.73 Å². The normalized spacial score (nSPS) is 10.4. The molecule has 0 aliphatic heterocycles. The third-order valence-corrected chi connectivity index (χ3v) is 4.14. The van der Waals surface area contributed by atoms with E-state index in [0.717, 1.165) is 27.4 Å². The Morgan fingerprint density at radius 3 is 2.29 bits per heavy atom. The van der Waals surface area contributed by atoms with Crippen LogP contribution in [0, 0.1) is 0 Å². The minimum Gasteiger partial charge on any atom is -0.369 e. The van der Waals surface area contributed by atoms with Crippen LogP contribution in [0.5, 0.6) is 0 Å². The topological polar surface area (TPSA) is 56.0 Å². The summed E-state index contributed by atoms with van der Waals surface area (Å²) < 4.78 is 0. The first kappa shape index (κ1) is 25.4. The first-order chi connectivity index (χ1) is 13.6. The number of benzene rings is 1. The van der Waals surface area contributed by atoms with Gasteiger partial charge in [-0.2, -0.15) is 0 Å². The summed E-state index contributed by atoms with van der Waals surface area (Å²) in [7, 11) is 0. The van der Waals surface area contributed by atoms with Crippen molar-refractivity contribution in [3.63, 3.8) is 0 Å². The van der Waals surface area contributed by atoms with Crippen molar-refractivity contribution in [2.45, 2.75) is 39.6 Å². The van der Waals surface area contributed by atoms with Gasteiger partial charge >= 0.3 is 0 Å². The molecule has 0 unspecified atom stereocenters. The molecule has 0 fully saturated rings. The summed E-state index contributed by atoms with van der Waals surface area (Å²) in [6.07, 6.45) is 7.60. The van der Waals surface area contributed by atoms with Crippen LogP contribution in [-0.2, 0) is 4.79 Å². The second-order valence-corrected chi connectivity index (χ2v) is 6.05. The number of amides is 1. The lowest BCUT2D eigenvalue weighted by Gasteiger charge is -2.09. The highest BCUT2D eigenvalue weighted by Gasteiger charge is 2.09. The number of carbonyl (C=O) groups is 1. The number of pyridine rings is 1. The lowest BCUT2D eigenvalue weighted by molar-refractivity contribution is -0.115. The molecule has 0 radical (unpaired) electrons. The molecule has 2 rings (SSSR count). The van der Waals surface area contributed by atoms with Crippen LogP contribution in [0.3, 0.4) is 0 Å². The Morgan fingerprint density at radius 2 is 1.75 bits per heavy atom. The quantitative estimate of drug-likeness (QED) is 0.428. The van der Waals surface area contributed by atoms with Gasteiger partial charge in [-0.25, -0.2) is 4.98 Å². The zero-order valence-electron chi connectivity index (χ0n) is 17.6. The lowest BCUT2D eigenvalue weighted by atomic mass is 10.0. The average Bonchev–Trinajstić information content (AvgIpc) is 2.75. The fourth-order valence-corrected chi connectivity index (χ4v) is 2.87. The molecule has 0 aliphatic rings. The smallest absolute Gasteiger partial charge is 0.227 e. The molecule has 2 N–H and O–H groups in total. The van der Waals surface area contributed by atoms with E-state index in [-0.39, 0.29) is 11.7 Å². The van der Waals surface area contributed by atoms with E-state index in [1.54, 1.807) is 6.08 Å². The molecular weight excluding hydrogens is 364 g/mol. The molecule has 1 aromatic carbocycles. The molecular formula is C24H32N2OS. The van der Waals surface area contributed by atoms with E-state index in [4.69, 9.17) is 5.73 Å². The number of primary amides is 1. The Bertz CT molecular complexity index is 780. The predicted molar refractivity (Wildman–Crippen MR) is 125 cm³/mol. The van der Waals surface area contributed by atoms with Crippen molar-refractivity contribution in [3.8, 4) is 11.1 Å². The molecule has 1 heterocycles. The van der Waals surface area contributed by atoms with Crippen molar-refractivity contribution < 1.29 is 4.79 Å². The Kier molecular flexibility index (Phi) is 14.0. The summed E-state index contributed by atoms with van der Waals surface area (Å²) in [4.78, 5) is 15.7. The molecule has 1 aromatic heterocycles. The van der Waals surface area contributed by atoms with Gasteiger partial charge in [-0.15, -0.1) is 0 Å². The fraction of sp³-hybridized carbons (Fsp3) is 0.250. The van der Waals surface area contributed by atoms with Gasteiger partial charge in [-0.05, 0) is 35.8 Å². The molecule has 0 atom stereocenters. The zero-order valence-corrected chi connectivity index (χ0v) is 18.4. The first-order valence-corrected chi connectivity index (χ1v) is 10.6. The number of hydrogen-bond acceptors (Lipinski definition) is 3. The molecule has 0 spiro atoms. The number of thioether (sulfide) groups is 1. The highest BCUT2D eigenvalue weighted by atomic mass is 32.2. The van der Waals surface area contributed by atoms with Gasteiger partial charge in [0.1, 0.15) is 0 Å². The van der Waals surface area contributed by atoms with Crippen molar-refractivity contribution >= 4 is 23.2 Å². The molecule has 0 bridgehead atoms. The van der Waals surface area contributed by atoms with Crippen LogP contribution in [0.25, 0.3) is 16.7 Å². The highest BCUT2D eigenvalue weighted by molar-refractivity contribution is 7.99. The number of aromatic nitrogens is 1. The van der Waals surface area contributed by atoms with E-state index in [0.29, 0.717) is 0 Å². The highest BCUT2D eigenvalue weighted by Crippen LogP contribution is 2.28. The van der Waals surface area contributed by atoms with E-state index in [1.165, 1.54) is 11.8 Å². The fourth-order valence-electron chi connectivity index (χ4n) is 2.20. The molecule has 0 saturated heterocycles. The van der Waals surface area contributed by atoms with Gasteiger partial charge in [-0.3, -0.25) is 4.79 Å². The largest absolute Gasteiger partial charge is 0.369 e. The number of carbonyl (C=O) groups excluding carboxylic acids is 1. The number of allylic oxidation sites excluding steroid dienone is 5. The maximum atomic E-state index is 11.1. The SMILES string of the molecule is C=C/C=C(\C=C/C)c1cc(-c2ccccc2)cc(SCC(N)=O)n1.CC.CC. The molecule has 3 nitrogen and oxygen atoms in total. The van der Waals surface area contributed by atoms with Gasteiger partial charge < -0.3 is 5.73 Å². The van der Waals surface area contributed by atoms with Crippen LogP contribution < -0.4 is 5.73 Å². The minimum atomic E-state index is -0.358. The van der Waals surface area contributed by atoms with Crippen molar-refractivity contribution in [1.82, 2.24) is 4.98 Å². The van der Waals surface area contributed by atoms with E-state index in [9.17, 15) is 4.79 Å². The lowest BCUT2D eigenvalue weighted by Crippen LogP contribution is -2.13. The summed E-state index contributed by atoms with van der Waals surface area (Å²) in [5, 5.41) is 0.768. The Hall–Kier alpha value is -2.59. The summed E-state index contributed by atoms with van der Waals surface area (Å²) in [6, 6.07) is 14.1. The molecule has 1 amide bonds. The molecule has 2 aromatic rings. The molecule has 0 aliphatic carbocycles. The molecule has 4 heteroatoms. The molecule has 28 heavy (non-hydrogen) atoms. The first-order valence-electron chi connectivity index (χ1n) is 9.58. The van der Waals surface area contributed by atoms with Crippen molar-refractivity contribution in [3.05, 3.63) is 79.0 Å². The third-order valence-electron chi connectivity index (χ3n) is 3.21. The summed E-state index contributed by atoms with van der Waals surface area (Å²) in [6.45, 7) is 13.7. The second-order valence-electron chi connectivity index (χ2n) is 5.06. The number of nitrogens with two attached hydrogens (primary N) is 1. The Labute approximate surface area is 174 Å². The summed E-state index contributed by atoms with van der Waals surface area (Å²) >= 11 is 1.34. The third kappa shape index (κ3) is 8.87. The zero-order chi connectivity index (χ0) is 21.4. The van der Waals surface area contributed by atoms with Crippen molar-refractivity contribution in [1.29, 1.82) is 0 Å². The summed E-state index contributed by atoms with van der Waals surface area (Å²) in [5.41, 5.74) is 9.20. The van der Waals surface area contributed by atoms with E-state index >= 15 is 0 Å². The van der Waals surface area contributed by atoms with E-state index in [1.807, 2.05) is 95.3 Å². The minimum absolute atomic E-state index is 0.203. The average molecular weight is 397 g/mol. The van der Waals surface area contributed by atoms with Gasteiger partial charge in [0, 0.05) is 0 Å². The van der Waals surface area contributed by atoms with Crippen LogP contribution in [-0.4, -0.2) is 16.6 Å².